The standard InChI is InChI=1S/C19H27N7O2S/c1-14(2)24(3)9-10-26-18(15-7-6-8-17(11-15)29(5,27)28)22-23-19(26)21-16-12-20-25(4)13-16/h6-8,11-14H,9-10H2,1-5H3,(H,21,23). The molecule has 2 heterocycles. The molecule has 0 atom stereocenters. The average molecular weight is 418 g/mol. The summed E-state index contributed by atoms with van der Waals surface area (Å²) in [6.07, 6.45) is 4.76. The van der Waals surface area contributed by atoms with Gasteiger partial charge in [-0.05, 0) is 33.0 Å². The monoisotopic (exact) mass is 417 g/mol. The molecular weight excluding hydrogens is 390 g/mol. The highest BCUT2D eigenvalue weighted by molar-refractivity contribution is 7.90. The van der Waals surface area contributed by atoms with E-state index in [1.807, 2.05) is 23.9 Å². The number of likely N-dealkylation sites (N-methyl/N-ethyl adjacent to an activating group) is 1. The minimum absolute atomic E-state index is 0.255. The van der Waals surface area contributed by atoms with Crippen LogP contribution in [-0.2, 0) is 23.4 Å². The van der Waals surface area contributed by atoms with E-state index in [1.54, 1.807) is 29.1 Å². The lowest BCUT2D eigenvalue weighted by Gasteiger charge is -2.22. The van der Waals surface area contributed by atoms with Gasteiger partial charge in [0.1, 0.15) is 0 Å². The number of nitrogens with zero attached hydrogens (tertiary/aromatic N) is 6. The lowest BCUT2D eigenvalue weighted by molar-refractivity contribution is 0.264. The van der Waals surface area contributed by atoms with Crippen molar-refractivity contribution >= 4 is 21.5 Å². The van der Waals surface area contributed by atoms with Crippen LogP contribution in [0.3, 0.4) is 0 Å². The van der Waals surface area contributed by atoms with Crippen LogP contribution in [0, 0.1) is 0 Å². The molecule has 2 aromatic heterocycles. The molecule has 0 amide bonds. The van der Waals surface area contributed by atoms with Crippen molar-refractivity contribution in [2.24, 2.45) is 7.05 Å². The first-order chi connectivity index (χ1) is 13.6. The van der Waals surface area contributed by atoms with Crippen LogP contribution in [0.25, 0.3) is 11.4 Å². The Morgan fingerprint density at radius 1 is 1.24 bits per heavy atom. The van der Waals surface area contributed by atoms with E-state index >= 15 is 0 Å². The maximum atomic E-state index is 12.0. The molecular formula is C19H27N7O2S. The van der Waals surface area contributed by atoms with Crippen LogP contribution in [0.1, 0.15) is 13.8 Å². The van der Waals surface area contributed by atoms with Crippen LogP contribution in [0.15, 0.2) is 41.6 Å². The zero-order valence-electron chi connectivity index (χ0n) is 17.4. The van der Waals surface area contributed by atoms with Crippen LogP contribution >= 0.6 is 0 Å². The van der Waals surface area contributed by atoms with Gasteiger partial charge in [0.2, 0.25) is 5.95 Å². The van der Waals surface area contributed by atoms with Crippen molar-refractivity contribution < 1.29 is 8.42 Å². The van der Waals surface area contributed by atoms with Gasteiger partial charge in [0.15, 0.2) is 15.7 Å². The number of benzene rings is 1. The molecule has 0 fully saturated rings. The highest BCUT2D eigenvalue weighted by Crippen LogP contribution is 2.25. The van der Waals surface area contributed by atoms with E-state index < -0.39 is 9.84 Å². The number of rotatable bonds is 8. The summed E-state index contributed by atoms with van der Waals surface area (Å²) in [5, 5.41) is 16.1. The van der Waals surface area contributed by atoms with Crippen molar-refractivity contribution in [2.75, 3.05) is 25.2 Å². The predicted octanol–water partition coefficient (Wildman–Crippen LogP) is 2.17. The van der Waals surface area contributed by atoms with Crippen molar-refractivity contribution in [1.82, 2.24) is 29.4 Å². The predicted molar refractivity (Wildman–Crippen MR) is 113 cm³/mol. The summed E-state index contributed by atoms with van der Waals surface area (Å²) in [7, 11) is 0.591. The lowest BCUT2D eigenvalue weighted by Crippen LogP contribution is -2.30. The molecule has 9 nitrogen and oxygen atoms in total. The Hall–Kier alpha value is -2.72. The highest BCUT2D eigenvalue weighted by Gasteiger charge is 2.17. The van der Waals surface area contributed by atoms with Gasteiger partial charge in [-0.15, -0.1) is 10.2 Å². The maximum absolute atomic E-state index is 12.0. The third kappa shape index (κ3) is 5.01. The van der Waals surface area contributed by atoms with Gasteiger partial charge < -0.3 is 10.2 Å². The van der Waals surface area contributed by atoms with Crippen molar-refractivity contribution in [1.29, 1.82) is 0 Å². The molecule has 0 aliphatic carbocycles. The van der Waals surface area contributed by atoms with E-state index in [9.17, 15) is 8.42 Å². The van der Waals surface area contributed by atoms with Gasteiger partial charge in [0.25, 0.3) is 0 Å². The molecule has 0 unspecified atom stereocenters. The van der Waals surface area contributed by atoms with Crippen molar-refractivity contribution in [3.05, 3.63) is 36.7 Å². The van der Waals surface area contributed by atoms with E-state index in [0.717, 1.165) is 12.2 Å². The number of aromatic nitrogens is 5. The van der Waals surface area contributed by atoms with E-state index in [1.165, 1.54) is 6.26 Å². The number of nitrogens with one attached hydrogen (secondary N) is 1. The Bertz CT molecular complexity index is 1090. The van der Waals surface area contributed by atoms with Crippen molar-refractivity contribution in [3.8, 4) is 11.4 Å². The molecule has 156 valence electrons. The van der Waals surface area contributed by atoms with Gasteiger partial charge in [-0.1, -0.05) is 12.1 Å². The van der Waals surface area contributed by atoms with Gasteiger partial charge in [-0.2, -0.15) is 5.10 Å². The summed E-state index contributed by atoms with van der Waals surface area (Å²) >= 11 is 0. The van der Waals surface area contributed by atoms with Gasteiger partial charge in [0.05, 0.1) is 16.8 Å². The van der Waals surface area contributed by atoms with E-state index in [2.05, 4.69) is 46.4 Å². The second kappa shape index (κ2) is 8.34. The fourth-order valence-electron chi connectivity index (χ4n) is 2.82. The van der Waals surface area contributed by atoms with E-state index in [0.29, 0.717) is 29.9 Å². The maximum Gasteiger partial charge on any atom is 0.229 e. The molecule has 29 heavy (non-hydrogen) atoms. The van der Waals surface area contributed by atoms with Gasteiger partial charge in [-0.25, -0.2) is 8.42 Å². The number of hydrogen-bond donors (Lipinski definition) is 1. The Labute approximate surface area is 171 Å². The first kappa shape index (κ1) is 21.0. The van der Waals surface area contributed by atoms with Crippen LogP contribution < -0.4 is 5.32 Å². The Balaban J connectivity index is 2.00. The molecule has 0 aliphatic heterocycles. The molecule has 0 saturated carbocycles. The van der Waals surface area contributed by atoms with Crippen molar-refractivity contribution in [3.63, 3.8) is 0 Å². The third-order valence-electron chi connectivity index (χ3n) is 4.79. The summed E-state index contributed by atoms with van der Waals surface area (Å²) in [5.74, 6) is 1.19. The van der Waals surface area contributed by atoms with E-state index in [4.69, 9.17) is 0 Å². The molecule has 0 radical (unpaired) electrons. The summed E-state index contributed by atoms with van der Waals surface area (Å²) in [6.45, 7) is 5.70. The Morgan fingerprint density at radius 2 is 2.00 bits per heavy atom. The molecule has 0 aliphatic rings. The van der Waals surface area contributed by atoms with E-state index in [-0.39, 0.29) is 4.90 Å². The second-order valence-electron chi connectivity index (χ2n) is 7.40. The minimum atomic E-state index is -3.31. The smallest absolute Gasteiger partial charge is 0.229 e. The Kier molecular flexibility index (Phi) is 6.04. The zero-order valence-corrected chi connectivity index (χ0v) is 18.2. The van der Waals surface area contributed by atoms with Gasteiger partial charge in [0, 0.05) is 44.2 Å². The summed E-state index contributed by atoms with van der Waals surface area (Å²) < 4.78 is 27.6. The molecule has 3 aromatic rings. The minimum Gasteiger partial charge on any atom is -0.322 e. The second-order valence-corrected chi connectivity index (χ2v) is 9.42. The molecule has 3 rings (SSSR count). The van der Waals surface area contributed by atoms with Gasteiger partial charge >= 0.3 is 0 Å². The van der Waals surface area contributed by atoms with Crippen LogP contribution in [0.2, 0.25) is 0 Å². The fraction of sp³-hybridized carbons (Fsp3) is 0.421. The summed E-state index contributed by atoms with van der Waals surface area (Å²) in [4.78, 5) is 2.48. The normalized spacial score (nSPS) is 12.1. The number of anilines is 2. The van der Waals surface area contributed by atoms with Crippen molar-refractivity contribution in [2.45, 2.75) is 31.3 Å². The summed E-state index contributed by atoms with van der Waals surface area (Å²) in [5.41, 5.74) is 1.50. The van der Waals surface area contributed by atoms with Gasteiger partial charge in [-0.3, -0.25) is 9.25 Å². The third-order valence-corrected chi connectivity index (χ3v) is 5.90. The number of aryl methyl sites for hydroxylation is 1. The first-order valence-electron chi connectivity index (χ1n) is 9.35. The first-order valence-corrected chi connectivity index (χ1v) is 11.2. The van der Waals surface area contributed by atoms with Crippen LogP contribution in [-0.4, -0.2) is 63.8 Å². The number of hydrogen-bond acceptors (Lipinski definition) is 7. The lowest BCUT2D eigenvalue weighted by atomic mass is 10.2. The molecule has 1 N–H and O–H groups in total. The average Bonchev–Trinajstić information content (AvgIpc) is 3.25. The highest BCUT2D eigenvalue weighted by atomic mass is 32.2. The molecule has 0 bridgehead atoms. The molecule has 1 aromatic carbocycles. The topological polar surface area (TPSA) is 97.9 Å². The molecule has 0 saturated heterocycles. The van der Waals surface area contributed by atoms with Crippen LogP contribution in [0.4, 0.5) is 11.6 Å². The quantitative estimate of drug-likeness (QED) is 0.600. The van der Waals surface area contributed by atoms with Crippen LogP contribution in [0.5, 0.6) is 0 Å². The SMILES string of the molecule is CC(C)N(C)CCn1c(Nc2cnn(C)c2)nnc1-c1cccc(S(C)(=O)=O)c1. The molecule has 10 heteroatoms. The molecule has 0 spiro atoms. The fourth-order valence-corrected chi connectivity index (χ4v) is 3.48. The summed E-state index contributed by atoms with van der Waals surface area (Å²) in [6, 6.07) is 7.18. The zero-order chi connectivity index (χ0) is 21.2. The number of sulfone groups is 1. The largest absolute Gasteiger partial charge is 0.322 e. The Morgan fingerprint density at radius 3 is 2.62 bits per heavy atom.